The number of aromatic nitrogens is 3. The molecule has 39 heavy (non-hydrogen) atoms. The molecular formula is C30H35N5O4. The molecule has 0 saturated heterocycles. The van der Waals surface area contributed by atoms with Crippen LogP contribution in [0.4, 0.5) is 5.69 Å². The molecule has 0 aliphatic carbocycles. The van der Waals surface area contributed by atoms with Crippen LogP contribution in [-0.4, -0.2) is 46.6 Å². The van der Waals surface area contributed by atoms with Crippen LogP contribution in [0.3, 0.4) is 0 Å². The first-order valence-electron chi connectivity index (χ1n) is 12.9. The van der Waals surface area contributed by atoms with Crippen molar-refractivity contribution in [2.45, 2.75) is 52.2 Å². The van der Waals surface area contributed by atoms with Gasteiger partial charge in [0, 0.05) is 17.3 Å². The molecule has 0 radical (unpaired) electrons. The lowest BCUT2D eigenvalue weighted by molar-refractivity contribution is -0.128. The number of hydrogen-bond acceptors (Lipinski definition) is 6. The number of para-hydroxylation sites is 1. The molecular weight excluding hydrogens is 494 g/mol. The van der Waals surface area contributed by atoms with Crippen molar-refractivity contribution in [3.05, 3.63) is 77.9 Å². The number of carbonyl (C=O) groups excluding carboxylic acids is 2. The van der Waals surface area contributed by atoms with Crippen LogP contribution in [0.25, 0.3) is 11.0 Å². The van der Waals surface area contributed by atoms with Crippen LogP contribution in [0, 0.1) is 6.92 Å². The predicted molar refractivity (Wildman–Crippen MR) is 151 cm³/mol. The van der Waals surface area contributed by atoms with E-state index in [1.54, 1.807) is 30.0 Å². The summed E-state index contributed by atoms with van der Waals surface area (Å²) in [5, 5.41) is 11.5. The third-order valence-corrected chi connectivity index (χ3v) is 6.86. The van der Waals surface area contributed by atoms with Gasteiger partial charge in [0.25, 0.3) is 0 Å². The standard InChI is InChI=1S/C30H35N5O4/c1-7-30(3,4)31-29(37)28(21-14-12-20(2)13-15-21)35(22-16-17-25(38-5)26(18-22)39-6)27(36)19-34-24-11-9-8-10-23(24)32-33-34/h8-18,28H,7,19H2,1-6H3,(H,31,37)/t28-/m1/s1. The van der Waals surface area contributed by atoms with Gasteiger partial charge in [-0.2, -0.15) is 0 Å². The number of aryl methyl sites for hydroxylation is 1. The molecule has 204 valence electrons. The number of amides is 2. The van der Waals surface area contributed by atoms with Gasteiger partial charge in [0.15, 0.2) is 11.5 Å². The maximum Gasteiger partial charge on any atom is 0.249 e. The molecule has 0 bridgehead atoms. The van der Waals surface area contributed by atoms with Crippen LogP contribution in [-0.2, 0) is 16.1 Å². The van der Waals surface area contributed by atoms with Gasteiger partial charge in [-0.05, 0) is 57.0 Å². The zero-order valence-electron chi connectivity index (χ0n) is 23.3. The maximum atomic E-state index is 14.2. The Morgan fingerprint density at radius 3 is 2.36 bits per heavy atom. The maximum absolute atomic E-state index is 14.2. The smallest absolute Gasteiger partial charge is 0.249 e. The van der Waals surface area contributed by atoms with E-state index in [1.807, 2.05) is 76.2 Å². The summed E-state index contributed by atoms with van der Waals surface area (Å²) < 4.78 is 12.5. The van der Waals surface area contributed by atoms with Gasteiger partial charge in [-0.3, -0.25) is 14.5 Å². The van der Waals surface area contributed by atoms with Crippen LogP contribution in [0.5, 0.6) is 11.5 Å². The molecule has 1 N–H and O–H groups in total. The minimum absolute atomic E-state index is 0.123. The highest BCUT2D eigenvalue weighted by Crippen LogP contribution is 2.36. The van der Waals surface area contributed by atoms with E-state index in [2.05, 4.69) is 15.6 Å². The molecule has 0 fully saturated rings. The molecule has 9 nitrogen and oxygen atoms in total. The third kappa shape index (κ3) is 6.03. The Bertz CT molecular complexity index is 1460. The minimum Gasteiger partial charge on any atom is -0.493 e. The predicted octanol–water partition coefficient (Wildman–Crippen LogP) is 4.84. The number of methoxy groups -OCH3 is 2. The Morgan fingerprint density at radius 2 is 1.69 bits per heavy atom. The summed E-state index contributed by atoms with van der Waals surface area (Å²) in [6, 6.07) is 19.3. The van der Waals surface area contributed by atoms with E-state index in [0.717, 1.165) is 11.1 Å². The monoisotopic (exact) mass is 529 g/mol. The molecule has 9 heteroatoms. The molecule has 1 heterocycles. The van der Waals surface area contributed by atoms with Gasteiger partial charge in [0.1, 0.15) is 18.1 Å². The topological polar surface area (TPSA) is 98.6 Å². The fourth-order valence-corrected chi connectivity index (χ4v) is 4.31. The van der Waals surface area contributed by atoms with Gasteiger partial charge in [-0.1, -0.05) is 54.1 Å². The van der Waals surface area contributed by atoms with Crippen LogP contribution in [0.1, 0.15) is 44.4 Å². The normalized spacial score (nSPS) is 12.2. The molecule has 0 aliphatic rings. The van der Waals surface area contributed by atoms with Crippen LogP contribution in [0.2, 0.25) is 0 Å². The largest absolute Gasteiger partial charge is 0.493 e. The summed E-state index contributed by atoms with van der Waals surface area (Å²) in [5.74, 6) is 0.320. The van der Waals surface area contributed by atoms with Gasteiger partial charge < -0.3 is 14.8 Å². The lowest BCUT2D eigenvalue weighted by Gasteiger charge is -2.35. The molecule has 0 unspecified atom stereocenters. The van der Waals surface area contributed by atoms with E-state index < -0.39 is 11.6 Å². The first-order chi connectivity index (χ1) is 18.7. The summed E-state index contributed by atoms with van der Waals surface area (Å²) >= 11 is 0. The van der Waals surface area contributed by atoms with Gasteiger partial charge in [-0.25, -0.2) is 4.68 Å². The highest BCUT2D eigenvalue weighted by molar-refractivity contribution is 6.02. The van der Waals surface area contributed by atoms with E-state index in [4.69, 9.17) is 9.47 Å². The summed E-state index contributed by atoms with van der Waals surface area (Å²) in [6.07, 6.45) is 0.717. The second-order valence-corrected chi connectivity index (χ2v) is 10.1. The second-order valence-electron chi connectivity index (χ2n) is 10.1. The molecule has 4 rings (SSSR count). The molecule has 1 aromatic heterocycles. The number of rotatable bonds is 10. The molecule has 0 spiro atoms. The number of carbonyl (C=O) groups is 2. The Balaban J connectivity index is 1.86. The fraction of sp³-hybridized carbons (Fsp3) is 0.333. The van der Waals surface area contributed by atoms with Crippen LogP contribution in [0.15, 0.2) is 66.7 Å². The number of fused-ring (bicyclic) bond motifs is 1. The van der Waals surface area contributed by atoms with Crippen LogP contribution < -0.4 is 19.7 Å². The number of benzene rings is 3. The van der Waals surface area contributed by atoms with E-state index >= 15 is 0 Å². The van der Waals surface area contributed by atoms with Crippen molar-refractivity contribution in [3.8, 4) is 11.5 Å². The van der Waals surface area contributed by atoms with Crippen molar-refractivity contribution in [1.82, 2.24) is 20.3 Å². The minimum atomic E-state index is -0.961. The van der Waals surface area contributed by atoms with Crippen molar-refractivity contribution in [2.24, 2.45) is 0 Å². The van der Waals surface area contributed by atoms with Crippen molar-refractivity contribution in [1.29, 1.82) is 0 Å². The van der Waals surface area contributed by atoms with E-state index in [0.29, 0.717) is 34.7 Å². The number of hydrogen-bond donors (Lipinski definition) is 1. The van der Waals surface area contributed by atoms with Gasteiger partial charge in [0.05, 0.1) is 19.7 Å². The Labute approximate surface area is 228 Å². The fourth-order valence-electron chi connectivity index (χ4n) is 4.31. The quantitative estimate of drug-likeness (QED) is 0.316. The summed E-state index contributed by atoms with van der Waals surface area (Å²) in [5.41, 5.74) is 3.13. The lowest BCUT2D eigenvalue weighted by atomic mass is 9.97. The van der Waals surface area contributed by atoms with E-state index in [1.165, 1.54) is 12.0 Å². The van der Waals surface area contributed by atoms with Crippen molar-refractivity contribution < 1.29 is 19.1 Å². The van der Waals surface area contributed by atoms with Gasteiger partial charge in [0.2, 0.25) is 11.8 Å². The number of anilines is 1. The second kappa shape index (κ2) is 11.6. The van der Waals surface area contributed by atoms with Gasteiger partial charge >= 0.3 is 0 Å². The van der Waals surface area contributed by atoms with Crippen LogP contribution >= 0.6 is 0 Å². The van der Waals surface area contributed by atoms with Crippen molar-refractivity contribution >= 4 is 28.5 Å². The van der Waals surface area contributed by atoms with Gasteiger partial charge in [-0.15, -0.1) is 5.10 Å². The zero-order valence-corrected chi connectivity index (χ0v) is 23.3. The Hall–Kier alpha value is -4.40. The van der Waals surface area contributed by atoms with Crippen molar-refractivity contribution in [3.63, 3.8) is 0 Å². The summed E-state index contributed by atoms with van der Waals surface area (Å²) in [7, 11) is 3.08. The summed E-state index contributed by atoms with van der Waals surface area (Å²) in [4.78, 5) is 29.7. The average Bonchev–Trinajstić information content (AvgIpc) is 3.34. The van der Waals surface area contributed by atoms with Crippen molar-refractivity contribution in [2.75, 3.05) is 19.1 Å². The molecule has 0 aliphatic heterocycles. The number of nitrogens with zero attached hydrogens (tertiary/aromatic N) is 4. The third-order valence-electron chi connectivity index (χ3n) is 6.86. The first kappa shape index (κ1) is 27.6. The van der Waals surface area contributed by atoms with E-state index in [9.17, 15) is 9.59 Å². The SMILES string of the molecule is CCC(C)(C)NC(=O)[C@@H](c1ccc(C)cc1)N(C(=O)Cn1nnc2ccccc21)c1ccc(OC)c(OC)c1. The Morgan fingerprint density at radius 1 is 1.00 bits per heavy atom. The molecule has 2 amide bonds. The Kier molecular flexibility index (Phi) is 8.18. The molecule has 0 saturated carbocycles. The summed E-state index contributed by atoms with van der Waals surface area (Å²) in [6.45, 7) is 7.78. The number of ether oxygens (including phenoxy) is 2. The highest BCUT2D eigenvalue weighted by atomic mass is 16.5. The highest BCUT2D eigenvalue weighted by Gasteiger charge is 2.35. The molecule has 3 aromatic carbocycles. The molecule has 4 aromatic rings. The zero-order chi connectivity index (χ0) is 28.2. The average molecular weight is 530 g/mol. The first-order valence-corrected chi connectivity index (χ1v) is 12.9. The lowest BCUT2D eigenvalue weighted by Crippen LogP contribution is -2.51. The number of nitrogens with one attached hydrogen (secondary N) is 1. The van der Waals surface area contributed by atoms with E-state index in [-0.39, 0.29) is 18.4 Å². The molecule has 1 atom stereocenters.